The molecule has 0 saturated carbocycles. The molecule has 20 heavy (non-hydrogen) atoms. The number of nitrogens with zero attached hydrogens (tertiary/aromatic N) is 1. The summed E-state index contributed by atoms with van der Waals surface area (Å²) in [4.78, 5) is 14.8. The standard InChI is InChI=1S/C17H25NO2/c1-5-14-6-8-15(9-7-14)16(19)13(2)18-10-11-20-17(3,4)12-18/h6-9,13H,5,10-12H2,1-4H3. The summed E-state index contributed by atoms with van der Waals surface area (Å²) in [5.74, 6) is 0.199. The van der Waals surface area contributed by atoms with E-state index in [1.54, 1.807) is 0 Å². The molecule has 1 fully saturated rings. The number of Topliss-reactive ketones (excluding diaryl/α,β-unsaturated/α-hetero) is 1. The Labute approximate surface area is 121 Å². The molecule has 1 atom stereocenters. The Kier molecular flexibility index (Phi) is 4.61. The van der Waals surface area contributed by atoms with Gasteiger partial charge in [-0.3, -0.25) is 9.69 Å². The largest absolute Gasteiger partial charge is 0.373 e. The third-order valence-electron chi connectivity index (χ3n) is 4.03. The van der Waals surface area contributed by atoms with Crippen molar-refractivity contribution in [2.24, 2.45) is 0 Å². The number of hydrogen-bond donors (Lipinski definition) is 0. The molecule has 0 aromatic heterocycles. The smallest absolute Gasteiger partial charge is 0.179 e. The third kappa shape index (κ3) is 3.47. The van der Waals surface area contributed by atoms with Crippen LogP contribution in [0.25, 0.3) is 0 Å². The van der Waals surface area contributed by atoms with E-state index in [0.717, 1.165) is 25.1 Å². The Morgan fingerprint density at radius 1 is 1.35 bits per heavy atom. The number of ketones is 1. The molecule has 0 N–H and O–H groups in total. The highest BCUT2D eigenvalue weighted by Gasteiger charge is 2.32. The molecule has 110 valence electrons. The van der Waals surface area contributed by atoms with Crippen LogP contribution in [0.1, 0.15) is 43.6 Å². The lowest BCUT2D eigenvalue weighted by molar-refractivity contribution is -0.0915. The summed E-state index contributed by atoms with van der Waals surface area (Å²) >= 11 is 0. The maximum atomic E-state index is 12.6. The molecule has 1 saturated heterocycles. The third-order valence-corrected chi connectivity index (χ3v) is 4.03. The van der Waals surface area contributed by atoms with Crippen molar-refractivity contribution in [3.8, 4) is 0 Å². The van der Waals surface area contributed by atoms with Crippen molar-refractivity contribution in [2.75, 3.05) is 19.7 Å². The number of morpholine rings is 1. The first-order valence-electron chi connectivity index (χ1n) is 7.44. The number of carbonyl (C=O) groups is 1. The van der Waals surface area contributed by atoms with Crippen LogP contribution in [-0.2, 0) is 11.2 Å². The van der Waals surface area contributed by atoms with Crippen molar-refractivity contribution >= 4 is 5.78 Å². The van der Waals surface area contributed by atoms with E-state index >= 15 is 0 Å². The molecular weight excluding hydrogens is 250 g/mol. The van der Waals surface area contributed by atoms with Crippen molar-refractivity contribution in [3.63, 3.8) is 0 Å². The maximum absolute atomic E-state index is 12.6. The van der Waals surface area contributed by atoms with Crippen LogP contribution in [0.15, 0.2) is 24.3 Å². The molecule has 0 radical (unpaired) electrons. The predicted octanol–water partition coefficient (Wildman–Crippen LogP) is 2.93. The Morgan fingerprint density at radius 3 is 2.55 bits per heavy atom. The number of ether oxygens (including phenoxy) is 1. The number of benzene rings is 1. The van der Waals surface area contributed by atoms with Crippen LogP contribution >= 0.6 is 0 Å². The van der Waals surface area contributed by atoms with E-state index in [1.807, 2.05) is 31.2 Å². The van der Waals surface area contributed by atoms with Gasteiger partial charge in [0.05, 0.1) is 18.2 Å². The molecule has 3 heteroatoms. The van der Waals surface area contributed by atoms with Crippen LogP contribution in [0.2, 0.25) is 0 Å². The molecular formula is C17H25NO2. The second-order valence-electron chi connectivity index (χ2n) is 6.17. The first kappa shape index (κ1) is 15.2. The van der Waals surface area contributed by atoms with Gasteiger partial charge in [0.25, 0.3) is 0 Å². The van der Waals surface area contributed by atoms with Gasteiger partial charge in [0.1, 0.15) is 0 Å². The summed E-state index contributed by atoms with van der Waals surface area (Å²) in [6.45, 7) is 10.6. The molecule has 1 aromatic rings. The zero-order valence-corrected chi connectivity index (χ0v) is 13.0. The molecule has 0 spiro atoms. The summed E-state index contributed by atoms with van der Waals surface area (Å²) in [5, 5.41) is 0. The van der Waals surface area contributed by atoms with Crippen LogP contribution in [0.3, 0.4) is 0 Å². The van der Waals surface area contributed by atoms with Crippen LogP contribution < -0.4 is 0 Å². The van der Waals surface area contributed by atoms with Crippen LogP contribution in [-0.4, -0.2) is 42.0 Å². The van der Waals surface area contributed by atoms with Gasteiger partial charge < -0.3 is 4.74 Å². The Bertz CT molecular complexity index is 464. The van der Waals surface area contributed by atoms with Crippen molar-refractivity contribution in [1.29, 1.82) is 0 Å². The summed E-state index contributed by atoms with van der Waals surface area (Å²) in [7, 11) is 0. The lowest BCUT2D eigenvalue weighted by atomic mass is 9.99. The van der Waals surface area contributed by atoms with Gasteiger partial charge in [0.15, 0.2) is 5.78 Å². The van der Waals surface area contributed by atoms with Gasteiger partial charge in [-0.25, -0.2) is 0 Å². The van der Waals surface area contributed by atoms with E-state index in [0.29, 0.717) is 6.61 Å². The molecule has 1 aliphatic heterocycles. The number of hydrogen-bond acceptors (Lipinski definition) is 3. The fourth-order valence-electron chi connectivity index (χ4n) is 2.70. The van der Waals surface area contributed by atoms with Gasteiger partial charge in [0.2, 0.25) is 0 Å². The summed E-state index contributed by atoms with van der Waals surface area (Å²) < 4.78 is 5.71. The minimum absolute atomic E-state index is 0.0920. The lowest BCUT2D eigenvalue weighted by Gasteiger charge is -2.40. The molecule has 1 aromatic carbocycles. The topological polar surface area (TPSA) is 29.5 Å². The van der Waals surface area contributed by atoms with Gasteiger partial charge in [-0.05, 0) is 32.8 Å². The lowest BCUT2D eigenvalue weighted by Crippen LogP contribution is -2.53. The first-order chi connectivity index (χ1) is 9.43. The van der Waals surface area contributed by atoms with Gasteiger partial charge in [-0.15, -0.1) is 0 Å². The average molecular weight is 275 g/mol. The summed E-state index contributed by atoms with van der Waals surface area (Å²) in [6, 6.07) is 7.89. The van der Waals surface area contributed by atoms with Crippen LogP contribution in [0.4, 0.5) is 0 Å². The molecule has 0 bridgehead atoms. The van der Waals surface area contributed by atoms with E-state index < -0.39 is 0 Å². The molecule has 3 nitrogen and oxygen atoms in total. The highest BCUT2D eigenvalue weighted by molar-refractivity contribution is 5.99. The summed E-state index contributed by atoms with van der Waals surface area (Å²) in [5.41, 5.74) is 1.90. The number of carbonyl (C=O) groups excluding carboxylic acids is 1. The predicted molar refractivity (Wildman–Crippen MR) is 81.2 cm³/mol. The molecule has 0 aliphatic carbocycles. The molecule has 1 unspecified atom stereocenters. The van der Waals surface area contributed by atoms with Gasteiger partial charge in [-0.2, -0.15) is 0 Å². The molecule has 0 amide bonds. The minimum Gasteiger partial charge on any atom is -0.373 e. The Hall–Kier alpha value is -1.19. The van der Waals surface area contributed by atoms with E-state index in [1.165, 1.54) is 5.56 Å². The number of rotatable bonds is 4. The first-order valence-corrected chi connectivity index (χ1v) is 7.44. The van der Waals surface area contributed by atoms with E-state index in [9.17, 15) is 4.79 Å². The SMILES string of the molecule is CCc1ccc(C(=O)C(C)N2CCOC(C)(C)C2)cc1. The van der Waals surface area contributed by atoms with Gasteiger partial charge in [-0.1, -0.05) is 31.2 Å². The second kappa shape index (κ2) is 6.06. The Balaban J connectivity index is 2.07. The van der Waals surface area contributed by atoms with Gasteiger partial charge >= 0.3 is 0 Å². The number of aryl methyl sites for hydroxylation is 1. The maximum Gasteiger partial charge on any atom is 0.179 e. The Morgan fingerprint density at radius 2 is 2.00 bits per heavy atom. The van der Waals surface area contributed by atoms with Crippen molar-refractivity contribution in [1.82, 2.24) is 4.90 Å². The second-order valence-corrected chi connectivity index (χ2v) is 6.17. The zero-order chi connectivity index (χ0) is 14.8. The zero-order valence-electron chi connectivity index (χ0n) is 13.0. The van der Waals surface area contributed by atoms with Gasteiger partial charge in [0, 0.05) is 18.7 Å². The fourth-order valence-corrected chi connectivity index (χ4v) is 2.70. The van der Waals surface area contributed by atoms with Crippen molar-refractivity contribution < 1.29 is 9.53 Å². The normalized spacial score (nSPS) is 20.6. The van der Waals surface area contributed by atoms with E-state index in [2.05, 4.69) is 25.7 Å². The van der Waals surface area contributed by atoms with Crippen LogP contribution in [0.5, 0.6) is 0 Å². The molecule has 2 rings (SSSR count). The van der Waals surface area contributed by atoms with E-state index in [-0.39, 0.29) is 17.4 Å². The molecule has 1 heterocycles. The summed E-state index contributed by atoms with van der Waals surface area (Å²) in [6.07, 6.45) is 1.00. The quantitative estimate of drug-likeness (QED) is 0.791. The van der Waals surface area contributed by atoms with Crippen LogP contribution in [0, 0.1) is 0 Å². The fraction of sp³-hybridized carbons (Fsp3) is 0.588. The van der Waals surface area contributed by atoms with Crippen molar-refractivity contribution in [3.05, 3.63) is 35.4 Å². The average Bonchev–Trinajstić information content (AvgIpc) is 2.45. The van der Waals surface area contributed by atoms with E-state index in [4.69, 9.17) is 4.74 Å². The highest BCUT2D eigenvalue weighted by Crippen LogP contribution is 2.20. The van der Waals surface area contributed by atoms with Crippen molar-refractivity contribution in [2.45, 2.75) is 45.8 Å². The molecule has 1 aliphatic rings. The highest BCUT2D eigenvalue weighted by atomic mass is 16.5. The monoisotopic (exact) mass is 275 g/mol. The minimum atomic E-state index is -0.168.